The Kier molecular flexibility index (Phi) is 3.35. The van der Waals surface area contributed by atoms with Crippen LogP contribution in [0.2, 0.25) is 0 Å². The summed E-state index contributed by atoms with van der Waals surface area (Å²) < 4.78 is 5.09. The summed E-state index contributed by atoms with van der Waals surface area (Å²) in [5.74, 6) is -0.397. The molecule has 2 aliphatic heterocycles. The Balaban J connectivity index is 1.86. The zero-order valence-corrected chi connectivity index (χ0v) is 12.5. The highest BCUT2D eigenvalue weighted by Crippen LogP contribution is 2.45. The van der Waals surface area contributed by atoms with Crippen LogP contribution in [0.25, 0.3) is 0 Å². The molecule has 0 aromatic carbocycles. The Labute approximate surface area is 117 Å². The summed E-state index contributed by atoms with van der Waals surface area (Å²) in [4.78, 5) is 20.4. The summed E-state index contributed by atoms with van der Waals surface area (Å²) in [5, 5.41) is 0.921. The number of ether oxygens (including phenoxy) is 1. The number of thiazole rings is 1. The predicted molar refractivity (Wildman–Crippen MR) is 74.4 cm³/mol. The number of esters is 1. The number of rotatable bonds is 3. The van der Waals surface area contributed by atoms with Crippen molar-refractivity contribution in [2.45, 2.75) is 51.1 Å². The van der Waals surface area contributed by atoms with E-state index in [1.165, 1.54) is 23.4 Å². The number of fused-ring (bicyclic) bond motifs is 4. The van der Waals surface area contributed by atoms with E-state index in [2.05, 4.69) is 11.9 Å². The van der Waals surface area contributed by atoms with E-state index in [0.717, 1.165) is 11.4 Å². The van der Waals surface area contributed by atoms with Gasteiger partial charge in [0.2, 0.25) is 0 Å². The van der Waals surface area contributed by atoms with Gasteiger partial charge in [0.1, 0.15) is 10.9 Å². The maximum absolute atomic E-state index is 11.8. The second-order valence-corrected chi connectivity index (χ2v) is 6.52. The molecule has 5 heteroatoms. The maximum Gasteiger partial charge on any atom is 0.315 e. The molecule has 19 heavy (non-hydrogen) atoms. The third kappa shape index (κ3) is 2.09. The molecule has 0 radical (unpaired) electrons. The molecule has 3 rings (SSSR count). The fraction of sp³-hybridized carbons (Fsp3) is 0.714. The molecule has 0 spiro atoms. The Morgan fingerprint density at radius 2 is 2.37 bits per heavy atom. The lowest BCUT2D eigenvalue weighted by Crippen LogP contribution is -2.33. The molecule has 2 aliphatic rings. The van der Waals surface area contributed by atoms with Gasteiger partial charge in [-0.15, -0.1) is 11.3 Å². The van der Waals surface area contributed by atoms with E-state index in [-0.39, 0.29) is 11.9 Å². The van der Waals surface area contributed by atoms with Crippen molar-refractivity contribution in [3.05, 3.63) is 15.6 Å². The van der Waals surface area contributed by atoms with Gasteiger partial charge in [-0.1, -0.05) is 0 Å². The Bertz CT molecular complexity index is 500. The minimum Gasteiger partial charge on any atom is -0.465 e. The first-order valence-electron chi connectivity index (χ1n) is 6.99. The minimum absolute atomic E-state index is 0.160. The lowest BCUT2D eigenvalue weighted by molar-refractivity contribution is -0.144. The average Bonchev–Trinajstić information content (AvgIpc) is 2.91. The van der Waals surface area contributed by atoms with Crippen LogP contribution in [-0.2, 0) is 16.0 Å². The molecule has 104 valence electrons. The van der Waals surface area contributed by atoms with E-state index in [1.807, 2.05) is 13.8 Å². The Morgan fingerprint density at radius 3 is 3.11 bits per heavy atom. The van der Waals surface area contributed by atoms with Crippen LogP contribution < -0.4 is 0 Å². The van der Waals surface area contributed by atoms with Crippen molar-refractivity contribution in [2.24, 2.45) is 0 Å². The second kappa shape index (κ2) is 4.87. The predicted octanol–water partition coefficient (Wildman–Crippen LogP) is 2.50. The van der Waals surface area contributed by atoms with Gasteiger partial charge in [-0.2, -0.15) is 0 Å². The molecular weight excluding hydrogens is 260 g/mol. The fourth-order valence-electron chi connectivity index (χ4n) is 3.14. The van der Waals surface area contributed by atoms with E-state index in [9.17, 15) is 4.79 Å². The molecule has 1 aromatic rings. The van der Waals surface area contributed by atoms with Gasteiger partial charge in [0.25, 0.3) is 0 Å². The highest BCUT2D eigenvalue weighted by atomic mass is 32.1. The third-order valence-electron chi connectivity index (χ3n) is 4.33. The molecule has 1 fully saturated rings. The molecule has 1 saturated heterocycles. The maximum atomic E-state index is 11.8. The Hall–Kier alpha value is -0.940. The SMILES string of the molecule is CCOC(=O)C(C)c1nc2c(s1)C1CCC(C2)N1C. The summed E-state index contributed by atoms with van der Waals surface area (Å²) in [7, 11) is 2.21. The van der Waals surface area contributed by atoms with Crippen LogP contribution in [0, 0.1) is 0 Å². The van der Waals surface area contributed by atoms with Crippen molar-refractivity contribution < 1.29 is 9.53 Å². The molecule has 0 amide bonds. The van der Waals surface area contributed by atoms with E-state index in [4.69, 9.17) is 9.72 Å². The number of hydrogen-bond acceptors (Lipinski definition) is 5. The fourth-order valence-corrected chi connectivity index (χ4v) is 4.46. The Morgan fingerprint density at radius 1 is 1.58 bits per heavy atom. The van der Waals surface area contributed by atoms with Crippen LogP contribution in [-0.4, -0.2) is 35.5 Å². The summed E-state index contributed by atoms with van der Waals surface area (Å²) in [6, 6.07) is 1.17. The van der Waals surface area contributed by atoms with Gasteiger partial charge in [0, 0.05) is 23.4 Å². The van der Waals surface area contributed by atoms with Crippen LogP contribution in [0.4, 0.5) is 0 Å². The van der Waals surface area contributed by atoms with Gasteiger partial charge in [-0.25, -0.2) is 4.98 Å². The van der Waals surface area contributed by atoms with Crippen LogP contribution in [0.1, 0.15) is 54.2 Å². The molecule has 4 nitrogen and oxygen atoms in total. The summed E-state index contributed by atoms with van der Waals surface area (Å²) >= 11 is 1.71. The van der Waals surface area contributed by atoms with E-state index in [0.29, 0.717) is 18.7 Å². The van der Waals surface area contributed by atoms with Crippen molar-refractivity contribution in [3.8, 4) is 0 Å². The quantitative estimate of drug-likeness (QED) is 0.798. The molecule has 3 atom stereocenters. The molecule has 3 heterocycles. The monoisotopic (exact) mass is 280 g/mol. The minimum atomic E-state index is -0.237. The molecule has 3 unspecified atom stereocenters. The topological polar surface area (TPSA) is 42.4 Å². The summed E-state index contributed by atoms with van der Waals surface area (Å²) in [6.45, 7) is 4.16. The first-order valence-corrected chi connectivity index (χ1v) is 7.81. The molecule has 1 aromatic heterocycles. The van der Waals surface area contributed by atoms with Gasteiger partial charge in [-0.05, 0) is 33.7 Å². The smallest absolute Gasteiger partial charge is 0.315 e. The lowest BCUT2D eigenvalue weighted by atomic mass is 10.1. The van der Waals surface area contributed by atoms with Gasteiger partial charge in [0.15, 0.2) is 0 Å². The summed E-state index contributed by atoms with van der Waals surface area (Å²) in [5.41, 5.74) is 1.22. The average molecular weight is 280 g/mol. The van der Waals surface area contributed by atoms with Crippen LogP contribution in [0.15, 0.2) is 0 Å². The zero-order valence-electron chi connectivity index (χ0n) is 11.7. The van der Waals surface area contributed by atoms with Gasteiger partial charge < -0.3 is 4.74 Å². The summed E-state index contributed by atoms with van der Waals surface area (Å²) in [6.07, 6.45) is 3.53. The third-order valence-corrected chi connectivity index (χ3v) is 5.71. The van der Waals surface area contributed by atoms with Crippen molar-refractivity contribution in [3.63, 3.8) is 0 Å². The van der Waals surface area contributed by atoms with Crippen LogP contribution in [0.5, 0.6) is 0 Å². The molecular formula is C14H20N2O2S. The second-order valence-electron chi connectivity index (χ2n) is 5.45. The van der Waals surface area contributed by atoms with Gasteiger partial charge >= 0.3 is 5.97 Å². The largest absolute Gasteiger partial charge is 0.465 e. The first-order chi connectivity index (χ1) is 9.11. The number of hydrogen-bond donors (Lipinski definition) is 0. The van der Waals surface area contributed by atoms with E-state index >= 15 is 0 Å². The first kappa shape index (κ1) is 13.1. The molecule has 0 aliphatic carbocycles. The van der Waals surface area contributed by atoms with Gasteiger partial charge in [-0.3, -0.25) is 9.69 Å². The molecule has 0 N–H and O–H groups in total. The standard InChI is InChI=1S/C14H20N2O2S/c1-4-18-14(17)8(2)13-15-10-7-9-5-6-11(16(9)3)12(10)19-13/h8-9,11H,4-7H2,1-3H3. The number of carbonyl (C=O) groups is 1. The van der Waals surface area contributed by atoms with Crippen molar-refractivity contribution >= 4 is 17.3 Å². The highest BCUT2D eigenvalue weighted by molar-refractivity contribution is 7.12. The van der Waals surface area contributed by atoms with Gasteiger partial charge in [0.05, 0.1) is 12.3 Å². The van der Waals surface area contributed by atoms with Crippen molar-refractivity contribution in [2.75, 3.05) is 13.7 Å². The van der Waals surface area contributed by atoms with Crippen molar-refractivity contribution in [1.29, 1.82) is 0 Å². The number of carbonyl (C=O) groups excluding carboxylic acids is 1. The number of likely N-dealkylation sites (N-methyl/N-ethyl adjacent to an activating group) is 1. The number of nitrogens with zero attached hydrogens (tertiary/aromatic N) is 2. The van der Waals surface area contributed by atoms with E-state index < -0.39 is 0 Å². The zero-order chi connectivity index (χ0) is 13.6. The van der Waals surface area contributed by atoms with Crippen LogP contribution in [0.3, 0.4) is 0 Å². The highest BCUT2D eigenvalue weighted by Gasteiger charge is 2.40. The van der Waals surface area contributed by atoms with Crippen LogP contribution >= 0.6 is 11.3 Å². The molecule has 0 saturated carbocycles. The molecule has 2 bridgehead atoms. The number of aromatic nitrogens is 1. The van der Waals surface area contributed by atoms with Crippen molar-refractivity contribution in [1.82, 2.24) is 9.88 Å². The normalized spacial score (nSPS) is 27.1. The van der Waals surface area contributed by atoms with E-state index in [1.54, 1.807) is 11.3 Å². The lowest BCUT2D eigenvalue weighted by Gasteiger charge is -2.29.